The Morgan fingerprint density at radius 3 is 2.48 bits per heavy atom. The van der Waals surface area contributed by atoms with E-state index >= 15 is 0 Å². The van der Waals surface area contributed by atoms with Crippen LogP contribution in [0.3, 0.4) is 0 Å². The van der Waals surface area contributed by atoms with Gasteiger partial charge in [-0.15, -0.1) is 0 Å². The van der Waals surface area contributed by atoms with E-state index in [1.54, 1.807) is 0 Å². The molecule has 29 heavy (non-hydrogen) atoms. The number of ether oxygens (including phenoxy) is 1. The molecule has 1 heterocycles. The van der Waals surface area contributed by atoms with Crippen LogP contribution in [0, 0.1) is 0 Å². The summed E-state index contributed by atoms with van der Waals surface area (Å²) in [6, 6.07) is 17.3. The van der Waals surface area contributed by atoms with Crippen molar-refractivity contribution in [3.05, 3.63) is 66.0 Å². The molecule has 0 spiro atoms. The van der Waals surface area contributed by atoms with Crippen molar-refractivity contribution >= 4 is 6.03 Å². The zero-order valence-corrected chi connectivity index (χ0v) is 16.2. The molecule has 3 N–H and O–H groups in total. The molecule has 7 nitrogen and oxygen atoms in total. The van der Waals surface area contributed by atoms with Gasteiger partial charge in [-0.2, -0.15) is 5.10 Å². The van der Waals surface area contributed by atoms with Gasteiger partial charge in [0, 0.05) is 12.1 Å². The minimum Gasteiger partial charge on any atom is -0.490 e. The Hall–Kier alpha value is -3.35. The highest BCUT2D eigenvalue weighted by atomic mass is 16.5. The Bertz CT molecular complexity index is 918. The Balaban J connectivity index is 1.20. The van der Waals surface area contributed by atoms with Gasteiger partial charge in [0.1, 0.15) is 11.6 Å². The number of H-pyrrole nitrogens is 1. The zero-order valence-electron chi connectivity index (χ0n) is 16.2. The number of aromatic nitrogens is 3. The number of carbonyl (C=O) groups excluding carboxylic acids is 1. The fraction of sp³-hybridized carbons (Fsp3) is 0.318. The zero-order chi connectivity index (χ0) is 19.9. The Morgan fingerprint density at radius 1 is 1.00 bits per heavy atom. The van der Waals surface area contributed by atoms with E-state index in [0.717, 1.165) is 29.7 Å². The summed E-state index contributed by atoms with van der Waals surface area (Å²) in [6.07, 6.45) is 5.14. The topological polar surface area (TPSA) is 91.9 Å². The molecule has 3 aromatic rings. The second kappa shape index (κ2) is 9.23. The first-order valence-electron chi connectivity index (χ1n) is 10.0. The maximum Gasteiger partial charge on any atom is 0.315 e. The molecule has 0 unspecified atom stereocenters. The number of hydrogen-bond acceptors (Lipinski definition) is 4. The van der Waals surface area contributed by atoms with Gasteiger partial charge in [-0.25, -0.2) is 9.78 Å². The van der Waals surface area contributed by atoms with Gasteiger partial charge in [-0.05, 0) is 43.4 Å². The summed E-state index contributed by atoms with van der Waals surface area (Å²) in [5, 5.41) is 12.7. The first-order valence-corrected chi connectivity index (χ1v) is 10.0. The normalized spacial score (nSPS) is 13.9. The third-order valence-corrected chi connectivity index (χ3v) is 4.96. The average Bonchev–Trinajstić information content (AvgIpc) is 3.45. The largest absolute Gasteiger partial charge is 0.490 e. The standard InChI is InChI=1S/C22H25N5O2/c28-22(24-15-20-25-21(27-26-20)17-6-2-1-3-7-17)23-14-16-10-12-19(13-11-16)29-18-8-4-5-9-18/h1-3,6-7,10-13,18H,4-5,8-9,14-15H2,(H2,23,24,28)(H,25,26,27). The second-order valence-corrected chi connectivity index (χ2v) is 7.18. The lowest BCUT2D eigenvalue weighted by Gasteiger charge is -2.13. The number of carbonyl (C=O) groups is 1. The SMILES string of the molecule is O=C(NCc1ccc(OC2CCCC2)cc1)NCc1nc(-c2ccccc2)n[nH]1. The third-order valence-electron chi connectivity index (χ3n) is 4.96. The van der Waals surface area contributed by atoms with Crippen LogP contribution in [-0.4, -0.2) is 27.3 Å². The maximum absolute atomic E-state index is 12.1. The molecule has 1 saturated carbocycles. The van der Waals surface area contributed by atoms with Crippen LogP contribution < -0.4 is 15.4 Å². The fourth-order valence-corrected chi connectivity index (χ4v) is 3.38. The summed E-state index contributed by atoms with van der Waals surface area (Å²) in [4.78, 5) is 16.5. The molecule has 7 heteroatoms. The predicted octanol–water partition coefficient (Wildman–Crippen LogP) is 3.79. The van der Waals surface area contributed by atoms with Crippen LogP contribution in [-0.2, 0) is 13.1 Å². The van der Waals surface area contributed by atoms with Crippen LogP contribution in [0.4, 0.5) is 4.79 Å². The van der Waals surface area contributed by atoms with E-state index in [2.05, 4.69) is 25.8 Å². The summed E-state index contributed by atoms with van der Waals surface area (Å²) in [5.41, 5.74) is 1.95. The van der Waals surface area contributed by atoms with E-state index in [1.165, 1.54) is 12.8 Å². The monoisotopic (exact) mass is 391 g/mol. The molecule has 1 aliphatic carbocycles. The van der Waals surface area contributed by atoms with Crippen molar-refractivity contribution in [1.29, 1.82) is 0 Å². The predicted molar refractivity (Wildman–Crippen MR) is 110 cm³/mol. The molecule has 0 saturated heterocycles. The highest BCUT2D eigenvalue weighted by Crippen LogP contribution is 2.24. The lowest BCUT2D eigenvalue weighted by Crippen LogP contribution is -2.34. The first-order chi connectivity index (χ1) is 14.3. The van der Waals surface area contributed by atoms with Crippen LogP contribution in [0.25, 0.3) is 11.4 Å². The van der Waals surface area contributed by atoms with Gasteiger partial charge in [-0.3, -0.25) is 5.10 Å². The molecule has 0 bridgehead atoms. The van der Waals surface area contributed by atoms with Crippen molar-refractivity contribution < 1.29 is 9.53 Å². The van der Waals surface area contributed by atoms with Gasteiger partial charge in [0.2, 0.25) is 0 Å². The van der Waals surface area contributed by atoms with Crippen molar-refractivity contribution in [2.75, 3.05) is 0 Å². The highest BCUT2D eigenvalue weighted by molar-refractivity contribution is 5.73. The van der Waals surface area contributed by atoms with E-state index in [-0.39, 0.29) is 12.6 Å². The van der Waals surface area contributed by atoms with Gasteiger partial charge in [0.15, 0.2) is 5.82 Å². The number of hydrogen-bond donors (Lipinski definition) is 3. The second-order valence-electron chi connectivity index (χ2n) is 7.18. The summed E-state index contributed by atoms with van der Waals surface area (Å²) < 4.78 is 5.96. The van der Waals surface area contributed by atoms with Crippen molar-refractivity contribution in [3.8, 4) is 17.1 Å². The third kappa shape index (κ3) is 5.34. The molecule has 0 aliphatic heterocycles. The van der Waals surface area contributed by atoms with Crippen LogP contribution in [0.5, 0.6) is 5.75 Å². The van der Waals surface area contributed by atoms with Crippen molar-refractivity contribution in [1.82, 2.24) is 25.8 Å². The molecule has 2 amide bonds. The molecule has 150 valence electrons. The number of rotatable bonds is 7. The van der Waals surface area contributed by atoms with E-state index in [9.17, 15) is 4.79 Å². The van der Waals surface area contributed by atoms with Gasteiger partial charge < -0.3 is 15.4 Å². The fourth-order valence-electron chi connectivity index (χ4n) is 3.38. The first kappa shape index (κ1) is 19.0. The Labute approximate surface area is 169 Å². The smallest absolute Gasteiger partial charge is 0.315 e. The highest BCUT2D eigenvalue weighted by Gasteiger charge is 2.16. The van der Waals surface area contributed by atoms with Gasteiger partial charge in [0.05, 0.1) is 12.6 Å². The molecule has 0 radical (unpaired) electrons. The number of nitrogens with zero attached hydrogens (tertiary/aromatic N) is 2. The van der Waals surface area contributed by atoms with E-state index < -0.39 is 0 Å². The maximum atomic E-state index is 12.1. The number of benzene rings is 2. The molecule has 2 aromatic carbocycles. The van der Waals surface area contributed by atoms with E-state index in [1.807, 2.05) is 54.6 Å². The lowest BCUT2D eigenvalue weighted by atomic mass is 10.2. The number of aromatic amines is 1. The molecule has 1 fully saturated rings. The number of nitrogens with one attached hydrogen (secondary N) is 3. The van der Waals surface area contributed by atoms with Crippen LogP contribution >= 0.6 is 0 Å². The van der Waals surface area contributed by atoms with Gasteiger partial charge in [0.25, 0.3) is 0 Å². The van der Waals surface area contributed by atoms with E-state index in [0.29, 0.717) is 24.3 Å². The minimum atomic E-state index is -0.256. The quantitative estimate of drug-likeness (QED) is 0.571. The minimum absolute atomic E-state index is 0.256. The molecule has 1 aliphatic rings. The average molecular weight is 391 g/mol. The molecular weight excluding hydrogens is 366 g/mol. The number of amides is 2. The summed E-state index contributed by atoms with van der Waals surface area (Å²) in [7, 11) is 0. The molecule has 1 aromatic heterocycles. The van der Waals surface area contributed by atoms with Gasteiger partial charge in [-0.1, -0.05) is 42.5 Å². The number of urea groups is 1. The van der Waals surface area contributed by atoms with Crippen LogP contribution in [0.15, 0.2) is 54.6 Å². The van der Waals surface area contributed by atoms with Crippen molar-refractivity contribution in [2.45, 2.75) is 44.9 Å². The summed E-state index contributed by atoms with van der Waals surface area (Å²) >= 11 is 0. The summed E-state index contributed by atoms with van der Waals surface area (Å²) in [6.45, 7) is 0.723. The van der Waals surface area contributed by atoms with Gasteiger partial charge >= 0.3 is 6.03 Å². The Morgan fingerprint density at radius 2 is 1.72 bits per heavy atom. The Kier molecular flexibility index (Phi) is 6.04. The lowest BCUT2D eigenvalue weighted by molar-refractivity contribution is 0.210. The van der Waals surface area contributed by atoms with Crippen molar-refractivity contribution in [2.24, 2.45) is 0 Å². The molecular formula is C22H25N5O2. The van der Waals surface area contributed by atoms with Crippen LogP contribution in [0.1, 0.15) is 37.1 Å². The summed E-state index contributed by atoms with van der Waals surface area (Å²) in [5.74, 6) is 2.11. The van der Waals surface area contributed by atoms with Crippen molar-refractivity contribution in [3.63, 3.8) is 0 Å². The van der Waals surface area contributed by atoms with E-state index in [4.69, 9.17) is 4.74 Å². The molecule has 0 atom stereocenters. The molecule has 4 rings (SSSR count). The van der Waals surface area contributed by atoms with Crippen LogP contribution in [0.2, 0.25) is 0 Å².